The van der Waals surface area contributed by atoms with Crippen LogP contribution in [0.1, 0.15) is 0 Å². The van der Waals surface area contributed by atoms with Crippen LogP contribution in [-0.2, 0) is 184 Å². The summed E-state index contributed by atoms with van der Waals surface area (Å²) in [5.74, 6) is -4.63. The van der Waals surface area contributed by atoms with Gasteiger partial charge in [0.25, 0.3) is 0 Å². The maximum Gasteiger partial charge on any atom is 0.218 e. The zero-order valence-electron chi connectivity index (χ0n) is 48.4. The first-order chi connectivity index (χ1) is 44.8. The van der Waals surface area contributed by atoms with Crippen molar-refractivity contribution in [3.8, 4) is 0 Å². The molecule has 5 aliphatic heterocycles. The van der Waals surface area contributed by atoms with Gasteiger partial charge in [-0.15, -0.1) is 13.0 Å². The largest absolute Gasteiger partial charge is 0.726 e. The van der Waals surface area contributed by atoms with Gasteiger partial charge in [-0.3, -0.25) is 44.4 Å². The average Bonchev–Trinajstić information content (AvgIpc) is 0.765. The molecule has 0 aromatic heterocycles. The van der Waals surface area contributed by atoms with Crippen LogP contribution in [0, 0.1) is 0 Å². The first-order valence-corrected chi connectivity index (χ1v) is 32.5. The van der Waals surface area contributed by atoms with E-state index in [-0.39, 0.29) is 24.6 Å². The Morgan fingerprint density at radius 3 is 1.09 bits per heavy atom. The third kappa shape index (κ3) is 23.6. The quantitative estimate of drug-likeness (QED) is 0.00631. The molecule has 0 radical (unpaired) electrons. The molecule has 0 aliphatic carbocycles. The third-order valence-corrected chi connectivity index (χ3v) is 16.4. The van der Waals surface area contributed by atoms with Crippen LogP contribution in [0.3, 0.4) is 0 Å². The van der Waals surface area contributed by atoms with Gasteiger partial charge in [-0.25, -0.2) is 33.7 Å². The minimum absolute atomic E-state index is 0.241. The summed E-state index contributed by atoms with van der Waals surface area (Å²) in [5.41, 5.74) is 9.55. The van der Waals surface area contributed by atoms with E-state index in [1.54, 1.807) is 0 Å². The molecule has 0 saturated carbocycles. The maximum absolute atomic E-state index is 13.3. The van der Waals surface area contributed by atoms with E-state index in [4.69, 9.17) is 92.5 Å². The summed E-state index contributed by atoms with van der Waals surface area (Å²) in [4.78, 5) is 29.2. The Morgan fingerprint density at radius 1 is 0.411 bits per heavy atom. The van der Waals surface area contributed by atoms with Crippen LogP contribution < -0.4 is 26.0 Å². The highest BCUT2D eigenvalue weighted by Gasteiger charge is 2.60. The lowest BCUT2D eigenvalue weighted by molar-refractivity contribution is -0.778. The normalized spacial score (nSPS) is 36.7. The molecule has 10 unspecified atom stereocenters. The number of hydrogen-bond donors (Lipinski definition) is 0. The van der Waals surface area contributed by atoms with Crippen molar-refractivity contribution in [2.24, 2.45) is 5.11 Å². The van der Waals surface area contributed by atoms with Crippen LogP contribution >= 0.6 is 37.0 Å². The van der Waals surface area contributed by atoms with Gasteiger partial charge in [-0.2, -0.15) is 0 Å². The van der Waals surface area contributed by atoms with Gasteiger partial charge in [0.15, 0.2) is 80.6 Å². The van der Waals surface area contributed by atoms with E-state index < -0.39 is 239 Å². The first kappa shape index (κ1) is 83.3. The summed E-state index contributed by atoms with van der Waals surface area (Å²) >= 11 is -1.14. The summed E-state index contributed by atoms with van der Waals surface area (Å²) in [6, 6.07) is -1.74. The molecule has 0 bridgehead atoms. The Balaban J connectivity index is 1.61. The van der Waals surface area contributed by atoms with Crippen LogP contribution in [0.2, 0.25) is 0 Å². The van der Waals surface area contributed by atoms with Crippen LogP contribution in [0.4, 0.5) is 0 Å². The number of carboxylic acids is 2. The van der Waals surface area contributed by atoms with Gasteiger partial charge in [0.05, 0.1) is 37.9 Å². The van der Waals surface area contributed by atoms with Crippen molar-refractivity contribution in [3.05, 3.63) is 10.4 Å². The fourth-order valence-corrected chi connectivity index (χ4v) is 12.4. The molecule has 5 fully saturated rings. The van der Waals surface area contributed by atoms with E-state index in [1.165, 1.54) is 0 Å². The van der Waals surface area contributed by atoms with Gasteiger partial charge >= 0.3 is 0 Å². The Hall–Kier alpha value is -2.34. The summed E-state index contributed by atoms with van der Waals surface area (Å²) < 4.78 is 282. The molecule has 5 aliphatic rings. The van der Waals surface area contributed by atoms with Crippen LogP contribution in [-0.4, -0.2) is 287 Å². The standard InChI is InChI=1S/C37H61N3O48S7/c1-60-15-11(8-67-92(48,49)50)70-33(14(39-40-38)18(15)61-2)75-21-19(62-3)27(64-5)36(77-25(21)31(41)42)74-17-13(10-69-94(54,55)56)72-37(30(82-95(57,58)59)24(17)80-90-87-84-46)76-22-20(63-4)28(65-6)35(78-26(22)32(43)44)73-16-12(9-68-93(51,52)53)71-34(66-7)29(81-91-88-85-47)23(16)79-89-86-83-45/h11-30,33-37,45-47H,8-10H2,1-7H3,(H,41,42)(H,43,44)(H,48,49,50)(H,51,52,53)(H,54,55,56)(H,57,58,59)/p-9/t11?,12?,13-,14?,15-,16+,17+,18+,19-,20?,21-,22-,23-,24?,25?,26+,27?,28?,29?,30?,33-,34-,35-,36+,37+/m0/s1. The Labute approximate surface area is 547 Å². The number of nitrogens with zero attached hydrogens (tertiary/aromatic N) is 3. The van der Waals surface area contributed by atoms with Crippen molar-refractivity contribution in [1.82, 2.24) is 0 Å². The fourth-order valence-electron chi connectivity index (χ4n) is 9.93. The number of rotatable bonds is 41. The molecule has 25 atom stereocenters. The van der Waals surface area contributed by atoms with Crippen LogP contribution in [0.5, 0.6) is 0 Å². The smallest absolute Gasteiger partial charge is 0.218 e. The molecule has 0 N–H and O–H groups in total. The lowest BCUT2D eigenvalue weighted by atomic mass is 9.94. The number of aliphatic carboxylic acids is 2. The molecule has 554 valence electrons. The summed E-state index contributed by atoms with van der Waals surface area (Å²) in [5, 5.41) is 72.3. The Bertz CT molecular complexity index is 2890. The second kappa shape index (κ2) is 38.6. The van der Waals surface area contributed by atoms with Crippen molar-refractivity contribution in [1.29, 1.82) is 0 Å². The number of carboxylic acid groups (broad SMARTS) is 2. The minimum atomic E-state index is -6.29. The van der Waals surface area contributed by atoms with E-state index in [0.717, 1.165) is 49.8 Å². The molecule has 5 rings (SSSR count). The maximum atomic E-state index is 13.3. The summed E-state index contributed by atoms with van der Waals surface area (Å²) in [6.07, 6.45) is -53.2. The molecular weight excluding hydrogens is 1480 g/mol. The van der Waals surface area contributed by atoms with E-state index >= 15 is 0 Å². The van der Waals surface area contributed by atoms with E-state index in [2.05, 4.69) is 50.7 Å². The molecule has 0 aromatic carbocycles. The highest BCUT2D eigenvalue weighted by atomic mass is 32.3. The predicted molar refractivity (Wildman–Crippen MR) is 263 cm³/mol. The van der Waals surface area contributed by atoms with Gasteiger partial charge < -0.3 is 130 Å². The number of carbonyl (C=O) groups is 2. The molecule has 51 nitrogen and oxygen atoms in total. The van der Waals surface area contributed by atoms with E-state index in [0.29, 0.717) is 0 Å². The van der Waals surface area contributed by atoms with Crippen LogP contribution in [0.15, 0.2) is 5.11 Å². The SMILES string of the molecule is COC1C(OC)[C@H](O[C@H]2O[C@@H](COS(=O)(=O)[O-])[C@@H](O[C@@H]3OC(C(=O)[O-])[C@@H](O[C@@H]4OC(COS(=O)(=O)[O-])[C@H](OC)[C@H](OC)C4N=[N+]=[N-])[C@H](OC)C3OC)C(OSOO[O-])C2OS(=O)(=O)[O-])[C@H](C(=O)[O-])O[C@@H]1O[C@@H]1C(COS(=O)(=O)[O-])O[C@H](OC)C(OSOO[O-])[C@H]1OSOO[O-]. The van der Waals surface area contributed by atoms with Gasteiger partial charge in [0.1, 0.15) is 104 Å². The first-order valence-electron chi connectivity index (χ1n) is 25.2. The second-order valence-corrected chi connectivity index (χ2v) is 24.1. The van der Waals surface area contributed by atoms with Gasteiger partial charge in [0, 0.05) is 54.7 Å². The Kier molecular flexibility index (Phi) is 33.9. The number of methoxy groups -OCH3 is 7. The third-order valence-electron chi connectivity index (χ3n) is 13.4. The summed E-state index contributed by atoms with van der Waals surface area (Å²) in [7, 11) is -16.9. The zero-order chi connectivity index (χ0) is 70.8. The number of hydrogen-bond acceptors (Lipinski definition) is 52. The van der Waals surface area contributed by atoms with Gasteiger partial charge in [-0.05, 0) is 5.53 Å². The lowest BCUT2D eigenvalue weighted by Crippen LogP contribution is -2.70. The number of carbonyl (C=O) groups excluding carboxylic acids is 2. The van der Waals surface area contributed by atoms with Gasteiger partial charge in [-0.1, -0.05) is 5.11 Å². The van der Waals surface area contributed by atoms with Gasteiger partial charge in [0.2, 0.25) is 41.6 Å². The minimum Gasteiger partial charge on any atom is -0.726 e. The molecule has 0 aromatic rings. The molecule has 5 heterocycles. The van der Waals surface area contributed by atoms with Crippen molar-refractivity contribution >= 4 is 90.5 Å². The van der Waals surface area contributed by atoms with E-state index in [9.17, 15) is 93.0 Å². The molecule has 0 spiro atoms. The monoisotopic (exact) mass is 1530 g/mol. The van der Waals surface area contributed by atoms with Crippen LogP contribution in [0.25, 0.3) is 10.4 Å². The molecule has 58 heteroatoms. The molecular formula is C37H52N3O48S7-9. The molecule has 0 amide bonds. The molecule has 95 heavy (non-hydrogen) atoms. The highest BCUT2D eigenvalue weighted by molar-refractivity contribution is 7.90. The Morgan fingerprint density at radius 2 is 0.747 bits per heavy atom. The lowest BCUT2D eigenvalue weighted by Gasteiger charge is -2.52. The number of ether oxygens (including phenoxy) is 16. The predicted octanol–water partition coefficient (Wildman–Crippen LogP) is -11.1. The average molecular weight is 1530 g/mol. The second-order valence-electron chi connectivity index (χ2n) is 18.5. The van der Waals surface area contributed by atoms with Crippen molar-refractivity contribution in [2.75, 3.05) is 69.6 Å². The van der Waals surface area contributed by atoms with Crippen molar-refractivity contribution < 1.29 is 221 Å². The fraction of sp³-hybridized carbons (Fsp3) is 0.946. The molecule has 5 saturated heterocycles. The van der Waals surface area contributed by atoms with E-state index in [1.807, 2.05) is 0 Å². The topological polar surface area (TPSA) is 695 Å². The highest BCUT2D eigenvalue weighted by Crippen LogP contribution is 2.42. The number of azide groups is 1. The van der Waals surface area contributed by atoms with Crippen molar-refractivity contribution in [2.45, 2.75) is 153 Å². The summed E-state index contributed by atoms with van der Waals surface area (Å²) in [6.45, 7) is -4.18. The van der Waals surface area contributed by atoms with Crippen molar-refractivity contribution in [3.63, 3.8) is 0 Å². The zero-order valence-corrected chi connectivity index (χ0v) is 54.1.